The van der Waals surface area contributed by atoms with E-state index >= 15 is 0 Å². The minimum Gasteiger partial charge on any atom is -0.384 e. The third kappa shape index (κ3) is 1.42. The summed E-state index contributed by atoms with van der Waals surface area (Å²) in [7, 11) is 0. The van der Waals surface area contributed by atoms with Crippen molar-refractivity contribution < 1.29 is 0 Å². The van der Waals surface area contributed by atoms with Gasteiger partial charge in [-0.25, -0.2) is 4.98 Å². The lowest BCUT2D eigenvalue weighted by molar-refractivity contribution is 1.20. The van der Waals surface area contributed by atoms with E-state index in [1.807, 2.05) is 24.3 Å². The summed E-state index contributed by atoms with van der Waals surface area (Å²) in [5.41, 5.74) is 8.52. The fourth-order valence-electron chi connectivity index (χ4n) is 1.60. The number of pyridine rings is 1. The van der Waals surface area contributed by atoms with Crippen LogP contribution in [-0.4, -0.2) is 14.6 Å². The van der Waals surface area contributed by atoms with Crippen LogP contribution >= 0.6 is 11.5 Å². The fraction of sp³-hybridized carbons (Fsp3) is 0. The summed E-state index contributed by atoms with van der Waals surface area (Å²) < 4.78 is 5.03. The molecule has 16 heavy (non-hydrogen) atoms. The number of nitrogens with two attached hydrogens (primary N) is 1. The third-order valence-electron chi connectivity index (χ3n) is 2.38. The molecule has 1 aromatic carbocycles. The van der Waals surface area contributed by atoms with Crippen molar-refractivity contribution >= 4 is 27.6 Å². The molecule has 0 spiro atoms. The molecule has 4 nitrogen and oxygen atoms in total. The van der Waals surface area contributed by atoms with Crippen LogP contribution < -0.4 is 5.73 Å². The number of aromatic nitrogens is 3. The number of nitrogen functional groups attached to an aromatic ring is 1. The molecule has 0 bridgehead atoms. The maximum atomic E-state index is 5.56. The topological polar surface area (TPSA) is 64.7 Å². The van der Waals surface area contributed by atoms with Crippen LogP contribution in [-0.2, 0) is 0 Å². The molecule has 3 rings (SSSR count). The van der Waals surface area contributed by atoms with Gasteiger partial charge >= 0.3 is 0 Å². The van der Waals surface area contributed by atoms with E-state index in [0.717, 1.165) is 21.3 Å². The molecule has 0 amide bonds. The van der Waals surface area contributed by atoms with E-state index in [1.54, 1.807) is 12.3 Å². The predicted octanol–water partition coefficient (Wildman–Crippen LogP) is 2.34. The molecule has 0 atom stereocenters. The number of fused-ring (bicyclic) bond motifs is 1. The average molecular weight is 228 g/mol. The lowest BCUT2D eigenvalue weighted by Gasteiger charge is -2.01. The highest BCUT2D eigenvalue weighted by molar-refractivity contribution is 7.13. The quantitative estimate of drug-likeness (QED) is 0.694. The van der Waals surface area contributed by atoms with Gasteiger partial charge in [0.15, 0.2) is 0 Å². The molecule has 0 aliphatic heterocycles. The van der Waals surface area contributed by atoms with E-state index in [0.29, 0.717) is 5.82 Å². The number of anilines is 1. The third-order valence-corrected chi connectivity index (χ3v) is 3.07. The van der Waals surface area contributed by atoms with Crippen molar-refractivity contribution in [1.82, 2.24) is 14.6 Å². The highest BCUT2D eigenvalue weighted by Gasteiger charge is 2.06. The lowest BCUT2D eigenvalue weighted by Crippen LogP contribution is -1.89. The number of hydrogen-bond acceptors (Lipinski definition) is 5. The van der Waals surface area contributed by atoms with Crippen LogP contribution in [0.15, 0.2) is 36.5 Å². The molecule has 0 radical (unpaired) electrons. The van der Waals surface area contributed by atoms with Gasteiger partial charge in [0, 0.05) is 17.3 Å². The van der Waals surface area contributed by atoms with Gasteiger partial charge in [0.1, 0.15) is 11.3 Å². The summed E-state index contributed by atoms with van der Waals surface area (Å²) >= 11 is 1.39. The molecule has 0 aliphatic carbocycles. The van der Waals surface area contributed by atoms with Gasteiger partial charge in [-0.2, -0.15) is 0 Å². The van der Waals surface area contributed by atoms with Crippen LogP contribution in [0.2, 0.25) is 0 Å². The molecular weight excluding hydrogens is 220 g/mol. The number of rotatable bonds is 1. The Morgan fingerprint density at radius 2 is 2.06 bits per heavy atom. The van der Waals surface area contributed by atoms with E-state index < -0.39 is 0 Å². The Kier molecular flexibility index (Phi) is 2.04. The van der Waals surface area contributed by atoms with E-state index in [1.165, 1.54) is 11.5 Å². The van der Waals surface area contributed by atoms with Gasteiger partial charge in [-0.15, -0.1) is 5.10 Å². The average Bonchev–Trinajstić information content (AvgIpc) is 2.78. The molecule has 0 unspecified atom stereocenters. The van der Waals surface area contributed by atoms with Crippen molar-refractivity contribution in [3.8, 4) is 11.1 Å². The normalized spacial score (nSPS) is 10.8. The van der Waals surface area contributed by atoms with E-state index in [4.69, 9.17) is 5.73 Å². The Morgan fingerprint density at radius 1 is 1.12 bits per heavy atom. The molecule has 5 heteroatoms. The maximum Gasteiger partial charge on any atom is 0.123 e. The van der Waals surface area contributed by atoms with Crippen molar-refractivity contribution in [2.24, 2.45) is 0 Å². The second-order valence-corrected chi connectivity index (χ2v) is 4.18. The minimum absolute atomic E-state index is 0.521. The summed E-state index contributed by atoms with van der Waals surface area (Å²) in [6, 6.07) is 9.74. The van der Waals surface area contributed by atoms with Crippen molar-refractivity contribution in [2.45, 2.75) is 0 Å². The fourth-order valence-corrected chi connectivity index (χ4v) is 2.19. The predicted molar refractivity (Wildman–Crippen MR) is 65.1 cm³/mol. The first-order valence-electron chi connectivity index (χ1n) is 4.77. The number of nitrogens with zero attached hydrogens (tertiary/aromatic N) is 3. The van der Waals surface area contributed by atoms with Crippen molar-refractivity contribution in [1.29, 1.82) is 0 Å². The van der Waals surface area contributed by atoms with Gasteiger partial charge in [0.05, 0.1) is 4.70 Å². The molecular formula is C11H8N4S. The van der Waals surface area contributed by atoms with Gasteiger partial charge in [0.25, 0.3) is 0 Å². The van der Waals surface area contributed by atoms with Gasteiger partial charge in [0.2, 0.25) is 0 Å². The number of hydrogen-bond donors (Lipinski definition) is 1. The molecule has 2 aromatic heterocycles. The Bertz CT molecular complexity index is 630. The van der Waals surface area contributed by atoms with Gasteiger partial charge < -0.3 is 5.73 Å². The molecule has 2 heterocycles. The Hall–Kier alpha value is -2.01. The summed E-state index contributed by atoms with van der Waals surface area (Å²) in [5, 5.41) is 4.13. The highest BCUT2D eigenvalue weighted by Crippen LogP contribution is 2.28. The van der Waals surface area contributed by atoms with Crippen molar-refractivity contribution in [2.75, 3.05) is 5.73 Å². The molecule has 3 aromatic rings. The zero-order chi connectivity index (χ0) is 11.0. The van der Waals surface area contributed by atoms with Crippen LogP contribution in [0, 0.1) is 0 Å². The van der Waals surface area contributed by atoms with Gasteiger partial charge in [-0.05, 0) is 29.7 Å². The zero-order valence-corrected chi connectivity index (χ0v) is 9.11. The SMILES string of the molecule is Nc1ccc(-c2cccc3snnc23)cn1. The minimum atomic E-state index is 0.521. The van der Waals surface area contributed by atoms with E-state index in [9.17, 15) is 0 Å². The summed E-state index contributed by atoms with van der Waals surface area (Å²) in [6.07, 6.45) is 1.75. The van der Waals surface area contributed by atoms with Crippen molar-refractivity contribution in [3.63, 3.8) is 0 Å². The molecule has 0 fully saturated rings. The van der Waals surface area contributed by atoms with Gasteiger partial charge in [-0.3, -0.25) is 0 Å². The zero-order valence-electron chi connectivity index (χ0n) is 8.29. The Labute approximate surface area is 95.9 Å². The largest absolute Gasteiger partial charge is 0.384 e. The second-order valence-electron chi connectivity index (χ2n) is 3.40. The molecule has 0 saturated carbocycles. The van der Waals surface area contributed by atoms with Crippen LogP contribution in [0.4, 0.5) is 5.82 Å². The van der Waals surface area contributed by atoms with Crippen LogP contribution in [0.5, 0.6) is 0 Å². The maximum absolute atomic E-state index is 5.56. The van der Waals surface area contributed by atoms with Crippen LogP contribution in [0.25, 0.3) is 21.3 Å². The molecule has 78 valence electrons. The first kappa shape index (κ1) is 9.23. The highest BCUT2D eigenvalue weighted by atomic mass is 32.1. The van der Waals surface area contributed by atoms with E-state index in [2.05, 4.69) is 14.6 Å². The number of benzene rings is 1. The Morgan fingerprint density at radius 3 is 2.88 bits per heavy atom. The standard InChI is InChI=1S/C11H8N4S/c12-10-5-4-7(6-13-10)8-2-1-3-9-11(8)14-15-16-9/h1-6H,(H2,12,13). The molecule has 2 N–H and O–H groups in total. The monoisotopic (exact) mass is 228 g/mol. The summed E-state index contributed by atoms with van der Waals surface area (Å²) in [5.74, 6) is 0.521. The van der Waals surface area contributed by atoms with E-state index in [-0.39, 0.29) is 0 Å². The van der Waals surface area contributed by atoms with Gasteiger partial charge in [-0.1, -0.05) is 16.6 Å². The Balaban J connectivity index is 2.25. The molecule has 0 saturated heterocycles. The summed E-state index contributed by atoms with van der Waals surface area (Å²) in [4.78, 5) is 4.08. The van der Waals surface area contributed by atoms with Crippen molar-refractivity contribution in [3.05, 3.63) is 36.5 Å². The van der Waals surface area contributed by atoms with Crippen LogP contribution in [0.3, 0.4) is 0 Å². The lowest BCUT2D eigenvalue weighted by atomic mass is 10.1. The first-order chi connectivity index (χ1) is 7.84. The van der Waals surface area contributed by atoms with Crippen LogP contribution in [0.1, 0.15) is 0 Å². The summed E-state index contributed by atoms with van der Waals surface area (Å²) in [6.45, 7) is 0. The smallest absolute Gasteiger partial charge is 0.123 e. The first-order valence-corrected chi connectivity index (χ1v) is 5.55. The second kappa shape index (κ2) is 3.53. The molecule has 0 aliphatic rings.